The molecule has 6 nitrogen and oxygen atoms in total. The van der Waals surface area contributed by atoms with Gasteiger partial charge in [0.1, 0.15) is 6.29 Å². The van der Waals surface area contributed by atoms with Crippen LogP contribution in [0.5, 0.6) is 0 Å². The number of hydrogen-bond donors (Lipinski definition) is 1. The molecule has 0 aliphatic carbocycles. The van der Waals surface area contributed by atoms with E-state index < -0.39 is 18.0 Å². The van der Waals surface area contributed by atoms with Crippen LogP contribution in [0.15, 0.2) is 0 Å². The Labute approximate surface area is 87.9 Å². The smallest absolute Gasteiger partial charge is 0.334 e. The third-order valence-corrected chi connectivity index (χ3v) is 1.45. The van der Waals surface area contributed by atoms with Crippen molar-refractivity contribution in [2.75, 3.05) is 19.8 Å². The van der Waals surface area contributed by atoms with Gasteiger partial charge in [0.2, 0.25) is 6.04 Å². The second-order valence-electron chi connectivity index (χ2n) is 2.51. The van der Waals surface area contributed by atoms with Crippen molar-refractivity contribution in [3.05, 3.63) is 0 Å². The molecule has 1 N–H and O–H groups in total. The molecule has 86 valence electrons. The Balaban J connectivity index is 4.34. The Kier molecular flexibility index (Phi) is 7.17. The minimum atomic E-state index is -1.23. The number of carbonyl (C=O) groups excluding carboxylic acids is 3. The highest BCUT2D eigenvalue weighted by molar-refractivity contribution is 5.99. The van der Waals surface area contributed by atoms with E-state index in [4.69, 9.17) is 0 Å². The standard InChI is InChI=1S/C9H15NO5/c1-3-14-8(12)7(10-5-6-11)9(13)15-4-2/h6-7,10H,3-5H2,1-2H3. The largest absolute Gasteiger partial charge is 0.464 e. The maximum atomic E-state index is 11.3. The van der Waals surface area contributed by atoms with Crippen LogP contribution in [0.4, 0.5) is 0 Å². The van der Waals surface area contributed by atoms with Gasteiger partial charge in [0.25, 0.3) is 0 Å². The van der Waals surface area contributed by atoms with Gasteiger partial charge in [-0.1, -0.05) is 0 Å². The molecule has 6 heteroatoms. The molecule has 0 amide bonds. The first-order valence-electron chi connectivity index (χ1n) is 4.67. The van der Waals surface area contributed by atoms with Crippen LogP contribution in [0.3, 0.4) is 0 Å². The van der Waals surface area contributed by atoms with E-state index in [2.05, 4.69) is 14.8 Å². The Bertz CT molecular complexity index is 211. The van der Waals surface area contributed by atoms with Crippen LogP contribution < -0.4 is 5.32 Å². The van der Waals surface area contributed by atoms with Crippen LogP contribution in [0.2, 0.25) is 0 Å². The zero-order valence-corrected chi connectivity index (χ0v) is 8.82. The molecule has 0 aromatic heterocycles. The predicted octanol–water partition coefficient (Wildman–Crippen LogP) is -0.730. The van der Waals surface area contributed by atoms with Crippen molar-refractivity contribution in [1.29, 1.82) is 0 Å². The number of carbonyl (C=O) groups is 3. The van der Waals surface area contributed by atoms with E-state index >= 15 is 0 Å². The van der Waals surface area contributed by atoms with E-state index in [1.807, 2.05) is 0 Å². The van der Waals surface area contributed by atoms with E-state index in [1.165, 1.54) is 0 Å². The summed E-state index contributed by atoms with van der Waals surface area (Å²) in [6, 6.07) is -1.23. The molecule has 0 saturated carbocycles. The third kappa shape index (κ3) is 5.11. The highest BCUT2D eigenvalue weighted by atomic mass is 16.6. The zero-order chi connectivity index (χ0) is 11.7. The molecule has 0 aromatic rings. The van der Waals surface area contributed by atoms with Crippen molar-refractivity contribution in [1.82, 2.24) is 5.32 Å². The lowest BCUT2D eigenvalue weighted by Crippen LogP contribution is -2.46. The summed E-state index contributed by atoms with van der Waals surface area (Å²) in [5, 5.41) is 2.42. The molecule has 0 atom stereocenters. The van der Waals surface area contributed by atoms with Gasteiger partial charge >= 0.3 is 11.9 Å². The number of hydrogen-bond acceptors (Lipinski definition) is 6. The lowest BCUT2D eigenvalue weighted by Gasteiger charge is -2.13. The molecule has 0 radical (unpaired) electrons. The highest BCUT2D eigenvalue weighted by Gasteiger charge is 2.28. The number of rotatable bonds is 7. The first kappa shape index (κ1) is 13.6. The van der Waals surface area contributed by atoms with E-state index in [1.54, 1.807) is 13.8 Å². The van der Waals surface area contributed by atoms with Crippen LogP contribution in [-0.2, 0) is 23.9 Å². The summed E-state index contributed by atoms with van der Waals surface area (Å²) >= 11 is 0. The molecule has 15 heavy (non-hydrogen) atoms. The maximum absolute atomic E-state index is 11.3. The van der Waals surface area contributed by atoms with Gasteiger partial charge in [0.05, 0.1) is 19.8 Å². The molecular weight excluding hydrogens is 202 g/mol. The van der Waals surface area contributed by atoms with Crippen molar-refractivity contribution in [2.45, 2.75) is 19.9 Å². The quantitative estimate of drug-likeness (QED) is 0.344. The molecule has 0 aliphatic heterocycles. The average Bonchev–Trinajstić information content (AvgIpc) is 2.19. The van der Waals surface area contributed by atoms with Gasteiger partial charge in [-0.05, 0) is 13.8 Å². The molecule has 0 rings (SSSR count). The number of ether oxygens (including phenoxy) is 2. The molecule has 0 unspecified atom stereocenters. The summed E-state index contributed by atoms with van der Waals surface area (Å²) < 4.78 is 9.30. The molecular formula is C9H15NO5. The van der Waals surface area contributed by atoms with Crippen LogP contribution >= 0.6 is 0 Å². The Hall–Kier alpha value is -1.43. The fourth-order valence-electron chi connectivity index (χ4n) is 0.880. The topological polar surface area (TPSA) is 81.7 Å². The summed E-state index contributed by atoms with van der Waals surface area (Å²) in [7, 11) is 0. The number of aldehydes is 1. The fraction of sp³-hybridized carbons (Fsp3) is 0.667. The van der Waals surface area contributed by atoms with Crippen molar-refractivity contribution in [3.8, 4) is 0 Å². The van der Waals surface area contributed by atoms with Gasteiger partial charge in [0, 0.05) is 0 Å². The predicted molar refractivity (Wildman–Crippen MR) is 51.1 cm³/mol. The van der Waals surface area contributed by atoms with Gasteiger partial charge in [0.15, 0.2) is 0 Å². The van der Waals surface area contributed by atoms with Crippen molar-refractivity contribution >= 4 is 18.2 Å². The zero-order valence-electron chi connectivity index (χ0n) is 8.82. The normalized spacial score (nSPS) is 9.80. The molecule has 0 saturated heterocycles. The van der Waals surface area contributed by atoms with Crippen LogP contribution in [0.25, 0.3) is 0 Å². The SMILES string of the molecule is CCOC(=O)C(NCC=O)C(=O)OCC. The van der Waals surface area contributed by atoms with Crippen molar-refractivity contribution in [2.24, 2.45) is 0 Å². The van der Waals surface area contributed by atoms with Gasteiger partial charge < -0.3 is 14.3 Å². The molecule has 0 aliphatic rings. The Morgan fingerprint density at radius 3 is 2.00 bits per heavy atom. The summed E-state index contributed by atoms with van der Waals surface area (Å²) in [6.45, 7) is 3.47. The summed E-state index contributed by atoms with van der Waals surface area (Å²) in [6.07, 6.45) is 0.547. The van der Waals surface area contributed by atoms with Gasteiger partial charge in [-0.3, -0.25) is 5.32 Å². The first-order valence-corrected chi connectivity index (χ1v) is 4.67. The fourth-order valence-corrected chi connectivity index (χ4v) is 0.880. The second kappa shape index (κ2) is 7.93. The first-order chi connectivity index (χ1) is 7.17. The van der Waals surface area contributed by atoms with Gasteiger partial charge in [-0.15, -0.1) is 0 Å². The minimum Gasteiger partial charge on any atom is -0.464 e. The molecule has 0 spiro atoms. The number of nitrogens with one attached hydrogen (secondary N) is 1. The Morgan fingerprint density at radius 1 is 1.20 bits per heavy atom. The van der Waals surface area contributed by atoms with Gasteiger partial charge in [-0.2, -0.15) is 0 Å². The summed E-state index contributed by atoms with van der Waals surface area (Å²) in [4.78, 5) is 32.6. The van der Waals surface area contributed by atoms with Crippen LogP contribution in [0.1, 0.15) is 13.8 Å². The molecule has 0 bridgehead atoms. The summed E-state index contributed by atoms with van der Waals surface area (Å²) in [5.41, 5.74) is 0. The second-order valence-corrected chi connectivity index (χ2v) is 2.51. The monoisotopic (exact) mass is 217 g/mol. The van der Waals surface area contributed by atoms with E-state index in [0.717, 1.165) is 0 Å². The highest BCUT2D eigenvalue weighted by Crippen LogP contribution is 1.93. The molecule has 0 fully saturated rings. The minimum absolute atomic E-state index is 0.109. The molecule has 0 heterocycles. The van der Waals surface area contributed by atoms with Crippen LogP contribution in [-0.4, -0.2) is 44.0 Å². The maximum Gasteiger partial charge on any atom is 0.334 e. The average molecular weight is 217 g/mol. The van der Waals surface area contributed by atoms with E-state index in [9.17, 15) is 14.4 Å². The lowest BCUT2D eigenvalue weighted by molar-refractivity contribution is -0.157. The van der Waals surface area contributed by atoms with E-state index in [-0.39, 0.29) is 19.8 Å². The Morgan fingerprint density at radius 2 is 1.67 bits per heavy atom. The van der Waals surface area contributed by atoms with Crippen molar-refractivity contribution in [3.63, 3.8) is 0 Å². The van der Waals surface area contributed by atoms with E-state index in [0.29, 0.717) is 6.29 Å². The molecule has 0 aromatic carbocycles. The lowest BCUT2D eigenvalue weighted by atomic mass is 10.3. The summed E-state index contributed by atoms with van der Waals surface area (Å²) in [5.74, 6) is -1.48. The van der Waals surface area contributed by atoms with Crippen molar-refractivity contribution < 1.29 is 23.9 Å². The number of esters is 2. The third-order valence-electron chi connectivity index (χ3n) is 1.45. The van der Waals surface area contributed by atoms with Crippen LogP contribution in [0, 0.1) is 0 Å². The van der Waals surface area contributed by atoms with Gasteiger partial charge in [-0.25, -0.2) is 9.59 Å².